The van der Waals surface area contributed by atoms with Gasteiger partial charge in [-0.25, -0.2) is 8.78 Å². The Morgan fingerprint density at radius 3 is 1.59 bits per heavy atom. The van der Waals surface area contributed by atoms with Gasteiger partial charge in [0.25, 0.3) is 0 Å². The SMILES string of the molecule is CCOc1ccc(C2CCC(=O)CC2)c(F)c1F.CCOc1ccc(C2CCC3(CC2)OCCO3)c(F)c1F. The molecule has 0 bridgehead atoms. The van der Waals surface area contributed by atoms with Gasteiger partial charge in [-0.05, 0) is 74.6 Å². The van der Waals surface area contributed by atoms with Gasteiger partial charge in [-0.3, -0.25) is 4.79 Å². The van der Waals surface area contributed by atoms with Crippen LogP contribution in [0.5, 0.6) is 11.5 Å². The molecule has 1 spiro atoms. The van der Waals surface area contributed by atoms with E-state index in [1.165, 1.54) is 12.1 Å². The number of Topliss-reactive ketones (excluding diaryl/α,β-unsaturated/α-hetero) is 1. The largest absolute Gasteiger partial charge is 0.491 e. The summed E-state index contributed by atoms with van der Waals surface area (Å²) in [5.74, 6) is -3.82. The van der Waals surface area contributed by atoms with E-state index >= 15 is 0 Å². The van der Waals surface area contributed by atoms with Crippen molar-refractivity contribution in [3.05, 3.63) is 58.7 Å². The third-order valence-corrected chi connectivity index (χ3v) is 7.74. The van der Waals surface area contributed by atoms with Crippen LogP contribution in [0.15, 0.2) is 24.3 Å². The molecule has 0 radical (unpaired) electrons. The predicted molar refractivity (Wildman–Crippen MR) is 137 cm³/mol. The molecule has 3 aliphatic rings. The summed E-state index contributed by atoms with van der Waals surface area (Å²) in [4.78, 5) is 11.1. The Kier molecular flexibility index (Phi) is 9.88. The first-order valence-electron chi connectivity index (χ1n) is 13.8. The fourth-order valence-corrected chi connectivity index (χ4v) is 5.66. The lowest BCUT2D eigenvalue weighted by Gasteiger charge is -2.35. The van der Waals surface area contributed by atoms with E-state index in [2.05, 4.69) is 0 Å². The van der Waals surface area contributed by atoms with Crippen LogP contribution in [0.1, 0.15) is 88.2 Å². The van der Waals surface area contributed by atoms with E-state index in [9.17, 15) is 22.4 Å². The Hall–Kier alpha value is -2.65. The highest BCUT2D eigenvalue weighted by Crippen LogP contribution is 2.43. The van der Waals surface area contributed by atoms with E-state index in [1.54, 1.807) is 26.0 Å². The number of hydrogen-bond donors (Lipinski definition) is 0. The molecule has 3 fully saturated rings. The molecule has 0 atom stereocenters. The minimum absolute atomic E-state index is 0.00796. The van der Waals surface area contributed by atoms with Gasteiger partial charge in [0.1, 0.15) is 5.78 Å². The number of halogens is 4. The maximum absolute atomic E-state index is 14.2. The molecule has 0 amide bonds. The second kappa shape index (κ2) is 13.1. The smallest absolute Gasteiger partial charge is 0.200 e. The Balaban J connectivity index is 0.000000183. The molecule has 2 saturated carbocycles. The van der Waals surface area contributed by atoms with Crippen LogP contribution in [-0.4, -0.2) is 38.0 Å². The van der Waals surface area contributed by atoms with Crippen LogP contribution in [0.4, 0.5) is 17.6 Å². The quantitative estimate of drug-likeness (QED) is 0.351. The molecule has 5 nitrogen and oxygen atoms in total. The lowest BCUT2D eigenvalue weighted by atomic mass is 9.80. The van der Waals surface area contributed by atoms with Crippen molar-refractivity contribution in [2.24, 2.45) is 0 Å². The van der Waals surface area contributed by atoms with Crippen molar-refractivity contribution < 1.29 is 41.3 Å². The first-order valence-corrected chi connectivity index (χ1v) is 13.8. The zero-order chi connectivity index (χ0) is 28.0. The van der Waals surface area contributed by atoms with E-state index in [0.717, 1.165) is 25.7 Å². The van der Waals surface area contributed by atoms with E-state index in [0.29, 0.717) is 63.2 Å². The summed E-state index contributed by atoms with van der Waals surface area (Å²) in [5.41, 5.74) is 0.798. The fraction of sp³-hybridized carbons (Fsp3) is 0.567. The lowest BCUT2D eigenvalue weighted by molar-refractivity contribution is -0.178. The molecule has 0 N–H and O–H groups in total. The minimum Gasteiger partial charge on any atom is -0.491 e. The van der Waals surface area contributed by atoms with E-state index in [4.69, 9.17) is 18.9 Å². The molecule has 2 aliphatic carbocycles. The molecule has 1 aliphatic heterocycles. The Bertz CT molecular complexity index is 1130. The zero-order valence-electron chi connectivity index (χ0n) is 22.5. The van der Waals surface area contributed by atoms with Crippen molar-refractivity contribution in [2.45, 2.75) is 82.8 Å². The third-order valence-electron chi connectivity index (χ3n) is 7.74. The van der Waals surface area contributed by atoms with Crippen molar-refractivity contribution in [1.82, 2.24) is 0 Å². The number of hydrogen-bond acceptors (Lipinski definition) is 5. The van der Waals surface area contributed by atoms with Crippen molar-refractivity contribution in [1.29, 1.82) is 0 Å². The molecular weight excluding hydrogens is 516 g/mol. The van der Waals surface area contributed by atoms with Gasteiger partial charge in [-0.1, -0.05) is 12.1 Å². The van der Waals surface area contributed by atoms with Crippen LogP contribution in [0.25, 0.3) is 0 Å². The van der Waals surface area contributed by atoms with Gasteiger partial charge in [-0.15, -0.1) is 0 Å². The van der Waals surface area contributed by atoms with Crippen LogP contribution >= 0.6 is 0 Å². The summed E-state index contributed by atoms with van der Waals surface area (Å²) >= 11 is 0. The maximum atomic E-state index is 14.2. The van der Waals surface area contributed by atoms with Gasteiger partial charge < -0.3 is 18.9 Å². The molecule has 0 unspecified atom stereocenters. The number of rotatable bonds is 6. The first-order chi connectivity index (χ1) is 18.8. The minimum atomic E-state index is -0.925. The standard InChI is InChI=1S/C16H20F2O3.C14H16F2O2/c1-2-19-13-4-3-12(14(17)15(13)18)11-5-7-16(8-6-11)20-9-10-21-16;1-2-18-12-8-7-11(13(15)14(12)16)9-3-5-10(17)6-4-9/h3-4,11H,2,5-10H2,1H3;7-9H,2-6H2,1H3. The van der Waals surface area contributed by atoms with Crippen LogP contribution < -0.4 is 9.47 Å². The average molecular weight is 553 g/mol. The van der Waals surface area contributed by atoms with Gasteiger partial charge in [0, 0.05) is 25.7 Å². The molecule has 1 heterocycles. The monoisotopic (exact) mass is 552 g/mol. The first kappa shape index (κ1) is 29.3. The van der Waals surface area contributed by atoms with Crippen LogP contribution in [-0.2, 0) is 14.3 Å². The number of carbonyl (C=O) groups is 1. The van der Waals surface area contributed by atoms with Crippen molar-refractivity contribution in [3.8, 4) is 11.5 Å². The van der Waals surface area contributed by atoms with Crippen LogP contribution in [0.2, 0.25) is 0 Å². The number of ether oxygens (including phenoxy) is 4. The summed E-state index contributed by atoms with van der Waals surface area (Å²) < 4.78 is 77.2. The normalized spacial score (nSPS) is 19.6. The van der Waals surface area contributed by atoms with Gasteiger partial charge in [-0.2, -0.15) is 8.78 Å². The van der Waals surface area contributed by atoms with Gasteiger partial charge in [0.2, 0.25) is 11.6 Å². The topological polar surface area (TPSA) is 54.0 Å². The van der Waals surface area contributed by atoms with Crippen LogP contribution in [0, 0.1) is 23.3 Å². The molecule has 9 heteroatoms. The molecule has 5 rings (SSSR count). The Morgan fingerprint density at radius 2 is 1.15 bits per heavy atom. The highest BCUT2D eigenvalue weighted by Gasteiger charge is 2.41. The van der Waals surface area contributed by atoms with E-state index in [1.807, 2.05) is 0 Å². The zero-order valence-corrected chi connectivity index (χ0v) is 22.5. The number of carbonyl (C=O) groups excluding carboxylic acids is 1. The molecule has 39 heavy (non-hydrogen) atoms. The highest BCUT2D eigenvalue weighted by molar-refractivity contribution is 5.79. The second-order valence-corrected chi connectivity index (χ2v) is 10.1. The third kappa shape index (κ3) is 6.74. The Labute approximate surface area is 226 Å². The lowest BCUT2D eigenvalue weighted by Crippen LogP contribution is -2.34. The van der Waals surface area contributed by atoms with Crippen molar-refractivity contribution in [2.75, 3.05) is 26.4 Å². The summed E-state index contributed by atoms with van der Waals surface area (Å²) in [6.45, 7) is 5.32. The number of benzene rings is 2. The van der Waals surface area contributed by atoms with Crippen LogP contribution in [0.3, 0.4) is 0 Å². The van der Waals surface area contributed by atoms with Gasteiger partial charge >= 0.3 is 0 Å². The summed E-state index contributed by atoms with van der Waals surface area (Å²) in [5, 5.41) is 0. The van der Waals surface area contributed by atoms with E-state index < -0.39 is 29.1 Å². The molecule has 1 saturated heterocycles. The van der Waals surface area contributed by atoms with Crippen molar-refractivity contribution >= 4 is 5.78 Å². The molecule has 2 aromatic carbocycles. The van der Waals surface area contributed by atoms with Gasteiger partial charge in [0.15, 0.2) is 28.9 Å². The summed E-state index contributed by atoms with van der Waals surface area (Å²) in [7, 11) is 0. The average Bonchev–Trinajstić information content (AvgIpc) is 3.39. The van der Waals surface area contributed by atoms with E-state index in [-0.39, 0.29) is 29.1 Å². The maximum Gasteiger partial charge on any atom is 0.200 e. The molecular formula is C30H36F4O5. The summed E-state index contributed by atoms with van der Waals surface area (Å²) in [6, 6.07) is 6.20. The number of ketones is 1. The second-order valence-electron chi connectivity index (χ2n) is 10.1. The Morgan fingerprint density at radius 1 is 0.718 bits per heavy atom. The van der Waals surface area contributed by atoms with Crippen molar-refractivity contribution in [3.63, 3.8) is 0 Å². The van der Waals surface area contributed by atoms with Gasteiger partial charge in [0.05, 0.1) is 26.4 Å². The molecule has 0 aromatic heterocycles. The highest BCUT2D eigenvalue weighted by atomic mass is 19.2. The summed E-state index contributed by atoms with van der Waals surface area (Å²) in [6.07, 6.45) is 5.05. The molecule has 214 valence electrons. The predicted octanol–water partition coefficient (Wildman–Crippen LogP) is 7.35. The molecule has 2 aromatic rings. The fourth-order valence-electron chi connectivity index (χ4n) is 5.66.